The van der Waals surface area contributed by atoms with Gasteiger partial charge in [0.15, 0.2) is 0 Å². The highest BCUT2D eigenvalue weighted by Crippen LogP contribution is 2.35. The van der Waals surface area contributed by atoms with Crippen LogP contribution in [0, 0.1) is 11.7 Å². The van der Waals surface area contributed by atoms with Crippen LogP contribution in [0.2, 0.25) is 0 Å². The first-order valence-corrected chi connectivity index (χ1v) is 7.48. The van der Waals surface area contributed by atoms with Gasteiger partial charge in [0.1, 0.15) is 5.82 Å². The van der Waals surface area contributed by atoms with E-state index in [1.54, 1.807) is 7.05 Å². The second-order valence-corrected chi connectivity index (χ2v) is 6.16. The first-order valence-electron chi connectivity index (χ1n) is 7.48. The van der Waals surface area contributed by atoms with E-state index in [2.05, 4.69) is 5.32 Å². The Morgan fingerprint density at radius 3 is 2.91 bits per heavy atom. The zero-order chi connectivity index (χ0) is 15.9. The molecule has 0 bridgehead atoms. The topological polar surface area (TPSA) is 69.6 Å². The normalized spacial score (nSPS) is 21.8. The minimum Gasteiger partial charge on any atom is -0.391 e. The van der Waals surface area contributed by atoms with Gasteiger partial charge in [-0.25, -0.2) is 4.39 Å². The highest BCUT2D eigenvalue weighted by molar-refractivity contribution is 6.01. The third-order valence-electron chi connectivity index (χ3n) is 4.36. The average molecular weight is 306 g/mol. The molecule has 2 N–H and O–H groups in total. The van der Waals surface area contributed by atoms with Gasteiger partial charge in [0.25, 0.3) is 0 Å². The van der Waals surface area contributed by atoms with Gasteiger partial charge >= 0.3 is 0 Å². The van der Waals surface area contributed by atoms with Crippen molar-refractivity contribution < 1.29 is 19.1 Å². The molecule has 0 saturated heterocycles. The molecular formula is C16H19FN2O3. The number of aliphatic hydroxyl groups excluding tert-OH is 1. The predicted octanol–water partition coefficient (Wildman–Crippen LogP) is 1.48. The van der Waals surface area contributed by atoms with E-state index in [-0.39, 0.29) is 30.7 Å². The Morgan fingerprint density at radius 2 is 2.23 bits per heavy atom. The largest absolute Gasteiger partial charge is 0.391 e. The van der Waals surface area contributed by atoms with Crippen molar-refractivity contribution in [2.45, 2.75) is 31.3 Å². The van der Waals surface area contributed by atoms with Crippen LogP contribution in [0.5, 0.6) is 0 Å². The molecule has 6 heteroatoms. The molecule has 2 aliphatic rings. The number of likely N-dealkylation sites (N-methyl/N-ethyl adjacent to an activating group) is 1. The molecule has 0 spiro atoms. The van der Waals surface area contributed by atoms with Crippen LogP contribution >= 0.6 is 0 Å². The summed E-state index contributed by atoms with van der Waals surface area (Å²) in [6, 6.07) is 4.05. The van der Waals surface area contributed by atoms with Crippen molar-refractivity contribution in [1.82, 2.24) is 4.90 Å². The number of benzene rings is 1. The quantitative estimate of drug-likeness (QED) is 0.885. The van der Waals surface area contributed by atoms with E-state index in [0.717, 1.165) is 12.8 Å². The molecule has 0 radical (unpaired) electrons. The monoisotopic (exact) mass is 306 g/mol. The number of nitrogens with one attached hydrogen (secondary N) is 1. The molecule has 22 heavy (non-hydrogen) atoms. The minimum atomic E-state index is -0.624. The van der Waals surface area contributed by atoms with Crippen molar-refractivity contribution in [2.24, 2.45) is 5.92 Å². The van der Waals surface area contributed by atoms with Gasteiger partial charge in [-0.3, -0.25) is 9.59 Å². The molecule has 1 aliphatic carbocycles. The third-order valence-corrected chi connectivity index (χ3v) is 4.36. The zero-order valence-corrected chi connectivity index (χ0v) is 12.4. The van der Waals surface area contributed by atoms with Gasteiger partial charge in [0, 0.05) is 25.7 Å². The summed E-state index contributed by atoms with van der Waals surface area (Å²) in [5, 5.41) is 12.6. The summed E-state index contributed by atoms with van der Waals surface area (Å²) in [6.07, 6.45) is 1.52. The van der Waals surface area contributed by atoms with Crippen LogP contribution in [0.1, 0.15) is 30.7 Å². The maximum absolute atomic E-state index is 13.3. The number of nitrogens with zero attached hydrogens (tertiary/aromatic N) is 1. The summed E-state index contributed by atoms with van der Waals surface area (Å²) in [6.45, 7) is 0.262. The standard InChI is InChI=1S/C16H19FN2O3/c1-19(8-14(20)9-2-3-9)16(22)12-7-15(21)18-13-6-10(17)4-5-11(12)13/h4-6,9,12,14,20H,2-3,7-8H2,1H3,(H,18,21). The van der Waals surface area contributed by atoms with Crippen LogP contribution < -0.4 is 5.32 Å². The molecule has 2 atom stereocenters. The number of aliphatic hydroxyl groups is 1. The molecule has 1 saturated carbocycles. The van der Waals surface area contributed by atoms with Crippen molar-refractivity contribution in [1.29, 1.82) is 0 Å². The van der Waals surface area contributed by atoms with Gasteiger partial charge in [0.05, 0.1) is 12.0 Å². The maximum atomic E-state index is 13.3. The average Bonchev–Trinajstić information content (AvgIpc) is 3.29. The molecule has 1 fully saturated rings. The molecule has 1 aromatic rings. The second kappa shape index (κ2) is 5.68. The summed E-state index contributed by atoms with van der Waals surface area (Å²) in [4.78, 5) is 25.8. The molecule has 3 rings (SSSR count). The number of hydrogen-bond acceptors (Lipinski definition) is 3. The Bertz CT molecular complexity index is 615. The lowest BCUT2D eigenvalue weighted by molar-refractivity contribution is -0.135. The van der Waals surface area contributed by atoms with Crippen LogP contribution in [0.3, 0.4) is 0 Å². The summed E-state index contributed by atoms with van der Waals surface area (Å²) in [5.41, 5.74) is 0.976. The lowest BCUT2D eigenvalue weighted by Crippen LogP contribution is -2.40. The smallest absolute Gasteiger partial charge is 0.230 e. The number of amides is 2. The zero-order valence-electron chi connectivity index (χ0n) is 12.4. The van der Waals surface area contributed by atoms with Gasteiger partial charge in [-0.15, -0.1) is 0 Å². The van der Waals surface area contributed by atoms with E-state index in [1.165, 1.54) is 23.1 Å². The highest BCUT2D eigenvalue weighted by Gasteiger charge is 2.35. The first kappa shape index (κ1) is 15.0. The molecule has 118 valence electrons. The van der Waals surface area contributed by atoms with Crippen LogP contribution in [0.25, 0.3) is 0 Å². The van der Waals surface area contributed by atoms with Crippen molar-refractivity contribution >= 4 is 17.5 Å². The summed E-state index contributed by atoms with van der Waals surface area (Å²) in [7, 11) is 1.63. The van der Waals surface area contributed by atoms with E-state index >= 15 is 0 Å². The SMILES string of the molecule is CN(CC(O)C1CC1)C(=O)C1CC(=O)Nc2cc(F)ccc21. The Hall–Kier alpha value is -1.95. The van der Waals surface area contributed by atoms with E-state index in [0.29, 0.717) is 11.3 Å². The fourth-order valence-electron chi connectivity index (χ4n) is 2.92. The number of carbonyl (C=O) groups excluding carboxylic acids is 2. The van der Waals surface area contributed by atoms with E-state index in [4.69, 9.17) is 0 Å². The molecule has 0 aromatic heterocycles. The molecule has 1 aromatic carbocycles. The number of anilines is 1. The summed E-state index contributed by atoms with van der Waals surface area (Å²) in [5.74, 6) is -1.31. The summed E-state index contributed by atoms with van der Waals surface area (Å²) >= 11 is 0. The van der Waals surface area contributed by atoms with E-state index < -0.39 is 17.8 Å². The van der Waals surface area contributed by atoms with Crippen molar-refractivity contribution in [3.63, 3.8) is 0 Å². The first-order chi connectivity index (χ1) is 10.5. The van der Waals surface area contributed by atoms with Crippen LogP contribution in [0.4, 0.5) is 10.1 Å². The van der Waals surface area contributed by atoms with Gasteiger partial charge in [-0.2, -0.15) is 0 Å². The van der Waals surface area contributed by atoms with Crippen LogP contribution in [-0.4, -0.2) is 41.5 Å². The molecule has 2 unspecified atom stereocenters. The van der Waals surface area contributed by atoms with Crippen molar-refractivity contribution in [3.05, 3.63) is 29.6 Å². The lowest BCUT2D eigenvalue weighted by atomic mass is 9.89. The molecule has 1 heterocycles. The predicted molar refractivity (Wildman–Crippen MR) is 78.8 cm³/mol. The Morgan fingerprint density at radius 1 is 1.50 bits per heavy atom. The van der Waals surface area contributed by atoms with Crippen LogP contribution in [-0.2, 0) is 9.59 Å². The third kappa shape index (κ3) is 2.97. The van der Waals surface area contributed by atoms with Crippen molar-refractivity contribution in [3.8, 4) is 0 Å². The Kier molecular flexibility index (Phi) is 3.87. The van der Waals surface area contributed by atoms with Gasteiger partial charge < -0.3 is 15.3 Å². The minimum absolute atomic E-state index is 0.0430. The fourth-order valence-corrected chi connectivity index (χ4v) is 2.92. The highest BCUT2D eigenvalue weighted by atomic mass is 19.1. The second-order valence-electron chi connectivity index (χ2n) is 6.16. The van der Waals surface area contributed by atoms with E-state index in [9.17, 15) is 19.1 Å². The molecule has 1 aliphatic heterocycles. The number of fused-ring (bicyclic) bond motifs is 1. The Labute approximate surface area is 128 Å². The number of carbonyl (C=O) groups is 2. The Balaban J connectivity index is 1.78. The fraction of sp³-hybridized carbons (Fsp3) is 0.500. The maximum Gasteiger partial charge on any atom is 0.230 e. The lowest BCUT2D eigenvalue weighted by Gasteiger charge is -2.29. The van der Waals surface area contributed by atoms with Crippen LogP contribution in [0.15, 0.2) is 18.2 Å². The van der Waals surface area contributed by atoms with Crippen molar-refractivity contribution in [2.75, 3.05) is 18.9 Å². The number of halogens is 1. The summed E-state index contributed by atoms with van der Waals surface area (Å²) < 4.78 is 13.3. The molecular weight excluding hydrogens is 287 g/mol. The molecule has 2 amide bonds. The number of hydrogen-bond donors (Lipinski definition) is 2. The van der Waals surface area contributed by atoms with Gasteiger partial charge in [-0.1, -0.05) is 6.07 Å². The van der Waals surface area contributed by atoms with E-state index in [1.807, 2.05) is 0 Å². The number of rotatable bonds is 4. The van der Waals surface area contributed by atoms with Gasteiger partial charge in [0.2, 0.25) is 11.8 Å². The molecule has 5 nitrogen and oxygen atoms in total. The van der Waals surface area contributed by atoms with Gasteiger partial charge in [-0.05, 0) is 36.5 Å².